The standard InChI is InChI=1S/C37H43ClN10O4/c1-22-21-46(16-12-27(22)40-23-8-10-25-29(18-23)45(3)43-34(25)48-31(49)6-4-7-32(48)50)35-39-20-26(38)33(42-35)41-24-9-11-28-30(19-24)47(36(51)44(28)2)17-15-37(52)13-5-14-37/h8-11,18-20,22,27,40,52H,4-7,12-17,21H2,1-3H3,(H,39,41,42)/t22-,27-/m1/s1. The third kappa shape index (κ3) is 6.17. The number of rotatable bonds is 9. The Morgan fingerprint density at radius 3 is 2.46 bits per heavy atom. The minimum atomic E-state index is -0.678. The van der Waals surface area contributed by atoms with Crippen molar-refractivity contribution in [3.8, 4) is 0 Å². The number of imidazole rings is 1. The summed E-state index contributed by atoms with van der Waals surface area (Å²) in [4.78, 5) is 51.1. The molecule has 0 spiro atoms. The zero-order valence-corrected chi connectivity index (χ0v) is 30.4. The summed E-state index contributed by atoms with van der Waals surface area (Å²) in [5, 5.41) is 23.4. The maximum atomic E-state index is 13.1. The van der Waals surface area contributed by atoms with Crippen LogP contribution in [0.4, 0.5) is 29.0 Å². The number of piperidine rings is 2. The molecule has 2 saturated heterocycles. The number of aryl methyl sites for hydroxylation is 3. The summed E-state index contributed by atoms with van der Waals surface area (Å²) < 4.78 is 5.09. The monoisotopic (exact) mass is 726 g/mol. The molecule has 5 aromatic rings. The molecule has 2 aliphatic heterocycles. The van der Waals surface area contributed by atoms with Crippen molar-refractivity contribution in [1.29, 1.82) is 0 Å². The first-order valence-electron chi connectivity index (χ1n) is 18.0. The molecule has 272 valence electrons. The van der Waals surface area contributed by atoms with Gasteiger partial charge in [0.2, 0.25) is 17.8 Å². The number of carbonyl (C=O) groups is 2. The van der Waals surface area contributed by atoms with Gasteiger partial charge in [0.15, 0.2) is 11.6 Å². The smallest absolute Gasteiger partial charge is 0.328 e. The van der Waals surface area contributed by atoms with Crippen LogP contribution in [0, 0.1) is 5.92 Å². The first-order valence-corrected chi connectivity index (χ1v) is 18.4. The van der Waals surface area contributed by atoms with Gasteiger partial charge in [-0.3, -0.25) is 23.4 Å². The van der Waals surface area contributed by atoms with Crippen LogP contribution in [0.15, 0.2) is 47.4 Å². The van der Waals surface area contributed by atoms with Crippen LogP contribution in [0.1, 0.15) is 58.3 Å². The molecule has 0 bridgehead atoms. The van der Waals surface area contributed by atoms with Gasteiger partial charge in [0, 0.05) is 69.4 Å². The number of nitrogens with one attached hydrogen (secondary N) is 2. The number of halogens is 1. The Hall–Kier alpha value is -4.95. The van der Waals surface area contributed by atoms with Crippen molar-refractivity contribution in [3.63, 3.8) is 0 Å². The average molecular weight is 727 g/mol. The lowest BCUT2D eigenvalue weighted by Crippen LogP contribution is -2.46. The van der Waals surface area contributed by atoms with Gasteiger partial charge >= 0.3 is 5.69 Å². The molecule has 8 rings (SSSR count). The lowest BCUT2D eigenvalue weighted by Gasteiger charge is -2.37. The lowest BCUT2D eigenvalue weighted by atomic mass is 9.78. The summed E-state index contributed by atoms with van der Waals surface area (Å²) in [7, 11) is 3.59. The van der Waals surface area contributed by atoms with Gasteiger partial charge in [-0.25, -0.2) is 14.7 Å². The van der Waals surface area contributed by atoms with Gasteiger partial charge in [0.1, 0.15) is 5.02 Å². The summed E-state index contributed by atoms with van der Waals surface area (Å²) in [6.45, 7) is 4.10. The highest BCUT2D eigenvalue weighted by atomic mass is 35.5. The van der Waals surface area contributed by atoms with E-state index in [2.05, 4.69) is 32.5 Å². The number of anilines is 5. The van der Waals surface area contributed by atoms with E-state index in [9.17, 15) is 19.5 Å². The number of amides is 2. The maximum Gasteiger partial charge on any atom is 0.328 e. The fourth-order valence-electron chi connectivity index (χ4n) is 7.83. The molecule has 3 N–H and O–H groups in total. The molecule has 2 atom stereocenters. The molecule has 3 fully saturated rings. The van der Waals surface area contributed by atoms with Crippen LogP contribution in [0.3, 0.4) is 0 Å². The molecule has 5 heterocycles. The van der Waals surface area contributed by atoms with Crippen molar-refractivity contribution in [2.24, 2.45) is 20.0 Å². The van der Waals surface area contributed by atoms with E-state index >= 15 is 0 Å². The minimum Gasteiger partial charge on any atom is -0.390 e. The fraction of sp³-hybridized carbons (Fsp3) is 0.459. The number of aliphatic hydroxyl groups is 1. The van der Waals surface area contributed by atoms with E-state index in [4.69, 9.17) is 16.6 Å². The molecule has 2 amide bonds. The number of imide groups is 1. The summed E-state index contributed by atoms with van der Waals surface area (Å²) in [5.41, 5.74) is 3.33. The van der Waals surface area contributed by atoms with Gasteiger partial charge in [-0.15, -0.1) is 0 Å². The van der Waals surface area contributed by atoms with E-state index in [1.54, 1.807) is 27.1 Å². The number of carbonyl (C=O) groups excluding carboxylic acids is 2. The van der Waals surface area contributed by atoms with E-state index in [0.29, 0.717) is 54.8 Å². The summed E-state index contributed by atoms with van der Waals surface area (Å²) in [5.74, 6) is 1.30. The second-order valence-corrected chi connectivity index (χ2v) is 15.0. The van der Waals surface area contributed by atoms with Crippen LogP contribution in [-0.2, 0) is 30.2 Å². The number of nitrogens with zero attached hydrogens (tertiary/aromatic N) is 8. The second-order valence-electron chi connectivity index (χ2n) is 14.6. The van der Waals surface area contributed by atoms with Crippen LogP contribution >= 0.6 is 11.6 Å². The first kappa shape index (κ1) is 34.2. The molecule has 0 unspecified atom stereocenters. The Kier molecular flexibility index (Phi) is 8.69. The molecule has 2 aromatic carbocycles. The number of aromatic nitrogens is 6. The predicted molar refractivity (Wildman–Crippen MR) is 201 cm³/mol. The van der Waals surface area contributed by atoms with Gasteiger partial charge < -0.3 is 20.6 Å². The molecule has 52 heavy (non-hydrogen) atoms. The van der Waals surface area contributed by atoms with Crippen molar-refractivity contribution < 1.29 is 14.7 Å². The molecule has 1 aliphatic carbocycles. The summed E-state index contributed by atoms with van der Waals surface area (Å²) in [6.07, 6.45) is 6.85. The second kappa shape index (κ2) is 13.2. The highest BCUT2D eigenvalue weighted by Crippen LogP contribution is 2.36. The third-order valence-electron chi connectivity index (χ3n) is 11.1. The Balaban J connectivity index is 0.953. The average Bonchev–Trinajstić information content (AvgIpc) is 3.55. The minimum absolute atomic E-state index is 0.112. The van der Waals surface area contributed by atoms with Gasteiger partial charge in [-0.1, -0.05) is 18.5 Å². The molecule has 14 nitrogen and oxygen atoms in total. The van der Waals surface area contributed by atoms with Gasteiger partial charge in [0.25, 0.3) is 0 Å². The highest BCUT2D eigenvalue weighted by Gasteiger charge is 2.35. The molecule has 0 radical (unpaired) electrons. The van der Waals surface area contributed by atoms with Gasteiger partial charge in [0.05, 0.1) is 28.3 Å². The number of fused-ring (bicyclic) bond motifs is 2. The molecule has 1 saturated carbocycles. The van der Waals surface area contributed by atoms with Crippen LogP contribution in [0.25, 0.3) is 21.9 Å². The van der Waals surface area contributed by atoms with E-state index in [-0.39, 0.29) is 29.5 Å². The van der Waals surface area contributed by atoms with Crippen LogP contribution in [0.5, 0.6) is 0 Å². The topological polar surface area (TPSA) is 155 Å². The first-order chi connectivity index (χ1) is 25.0. The molecular weight excluding hydrogens is 684 g/mol. The predicted octanol–water partition coefficient (Wildman–Crippen LogP) is 5.09. The van der Waals surface area contributed by atoms with Crippen molar-refractivity contribution in [2.45, 2.75) is 76.5 Å². The number of hydrogen-bond donors (Lipinski definition) is 3. The van der Waals surface area contributed by atoms with Gasteiger partial charge in [-0.2, -0.15) is 10.1 Å². The normalized spacial score (nSPS) is 20.5. The molecule has 15 heteroatoms. The van der Waals surface area contributed by atoms with Crippen LogP contribution in [-0.4, -0.2) is 70.5 Å². The number of benzene rings is 2. The van der Waals surface area contributed by atoms with Crippen molar-refractivity contribution in [3.05, 3.63) is 58.1 Å². The molecule has 3 aliphatic rings. The van der Waals surface area contributed by atoms with E-state index in [1.165, 1.54) is 4.90 Å². The number of hydrogen-bond acceptors (Lipinski definition) is 10. The largest absolute Gasteiger partial charge is 0.390 e. The highest BCUT2D eigenvalue weighted by molar-refractivity contribution is 6.33. The summed E-state index contributed by atoms with van der Waals surface area (Å²) >= 11 is 6.60. The van der Waals surface area contributed by atoms with Crippen molar-refractivity contribution >= 4 is 74.3 Å². The lowest BCUT2D eigenvalue weighted by molar-refractivity contribution is -0.129. The molecule has 3 aromatic heterocycles. The third-order valence-corrected chi connectivity index (χ3v) is 11.4. The Bertz CT molecular complexity index is 2260. The Morgan fingerprint density at radius 2 is 1.73 bits per heavy atom. The zero-order chi connectivity index (χ0) is 36.3. The van der Waals surface area contributed by atoms with E-state index < -0.39 is 5.60 Å². The van der Waals surface area contributed by atoms with Gasteiger partial charge in [-0.05, 0) is 80.8 Å². The van der Waals surface area contributed by atoms with Crippen molar-refractivity contribution in [2.75, 3.05) is 33.5 Å². The maximum absolute atomic E-state index is 13.1. The Labute approximate surface area is 305 Å². The quantitative estimate of drug-likeness (QED) is 0.175. The molecular formula is C37H43ClN10O4. The van der Waals surface area contributed by atoms with E-state index in [0.717, 1.165) is 72.1 Å². The SMILES string of the molecule is C[C@@H]1CN(c2ncc(Cl)c(Nc3ccc4c(c3)n(CCC3(O)CCC3)c(=O)n4C)n2)CC[C@H]1Nc1ccc2c(N3C(=O)CCCC3=O)nn(C)c2c1. The van der Waals surface area contributed by atoms with Crippen LogP contribution in [0.2, 0.25) is 5.02 Å². The van der Waals surface area contributed by atoms with Crippen molar-refractivity contribution in [1.82, 2.24) is 28.9 Å². The fourth-order valence-corrected chi connectivity index (χ4v) is 7.97. The van der Waals surface area contributed by atoms with E-state index in [1.807, 2.05) is 43.4 Å². The Morgan fingerprint density at radius 1 is 0.981 bits per heavy atom. The zero-order valence-electron chi connectivity index (χ0n) is 29.6. The van der Waals surface area contributed by atoms with Crippen LogP contribution < -0.4 is 26.1 Å². The summed E-state index contributed by atoms with van der Waals surface area (Å²) in [6, 6.07) is 11.9.